The SMILES string of the molecule is CN(C)[C@H](CNS(=O)(=O)c1cccc(C#N)c1)c1cccc(F)c1. The van der Waals surface area contributed by atoms with Gasteiger partial charge < -0.3 is 4.90 Å². The molecule has 24 heavy (non-hydrogen) atoms. The molecule has 0 heterocycles. The number of benzene rings is 2. The van der Waals surface area contributed by atoms with Gasteiger partial charge in [-0.05, 0) is 50.0 Å². The van der Waals surface area contributed by atoms with Crippen LogP contribution in [0.4, 0.5) is 4.39 Å². The van der Waals surface area contributed by atoms with Crippen LogP contribution in [-0.4, -0.2) is 34.0 Å². The number of hydrogen-bond acceptors (Lipinski definition) is 4. The maximum Gasteiger partial charge on any atom is 0.240 e. The molecule has 0 aromatic heterocycles. The number of sulfonamides is 1. The van der Waals surface area contributed by atoms with Gasteiger partial charge >= 0.3 is 0 Å². The van der Waals surface area contributed by atoms with E-state index in [0.29, 0.717) is 5.56 Å². The Balaban J connectivity index is 2.21. The van der Waals surface area contributed by atoms with Crippen molar-refractivity contribution in [2.75, 3.05) is 20.6 Å². The van der Waals surface area contributed by atoms with Gasteiger partial charge in [-0.1, -0.05) is 18.2 Å². The highest BCUT2D eigenvalue weighted by Gasteiger charge is 2.20. The van der Waals surface area contributed by atoms with E-state index in [1.54, 1.807) is 26.2 Å². The molecule has 0 spiro atoms. The Kier molecular flexibility index (Phi) is 5.67. The second kappa shape index (κ2) is 7.53. The predicted molar refractivity (Wildman–Crippen MR) is 89.2 cm³/mol. The van der Waals surface area contributed by atoms with Crippen molar-refractivity contribution < 1.29 is 12.8 Å². The third-order valence-corrected chi connectivity index (χ3v) is 5.02. The number of nitrogens with one attached hydrogen (secondary N) is 1. The number of nitriles is 1. The van der Waals surface area contributed by atoms with Gasteiger partial charge in [0.05, 0.1) is 16.5 Å². The topological polar surface area (TPSA) is 73.2 Å². The lowest BCUT2D eigenvalue weighted by molar-refractivity contribution is 0.299. The Morgan fingerprint density at radius 2 is 1.92 bits per heavy atom. The minimum Gasteiger partial charge on any atom is -0.301 e. The molecular formula is C17H18FN3O2S. The fraction of sp³-hybridized carbons (Fsp3) is 0.235. The van der Waals surface area contributed by atoms with E-state index in [1.807, 2.05) is 11.0 Å². The lowest BCUT2D eigenvalue weighted by Gasteiger charge is -2.25. The summed E-state index contributed by atoms with van der Waals surface area (Å²) in [5.74, 6) is -0.371. The zero-order chi connectivity index (χ0) is 17.7. The van der Waals surface area contributed by atoms with Crippen LogP contribution in [0.5, 0.6) is 0 Å². The summed E-state index contributed by atoms with van der Waals surface area (Å²) in [7, 11) is -0.177. The fourth-order valence-corrected chi connectivity index (χ4v) is 3.40. The van der Waals surface area contributed by atoms with Crippen molar-refractivity contribution in [1.29, 1.82) is 5.26 Å². The molecule has 5 nitrogen and oxygen atoms in total. The molecule has 126 valence electrons. The van der Waals surface area contributed by atoms with Crippen molar-refractivity contribution in [1.82, 2.24) is 9.62 Å². The lowest BCUT2D eigenvalue weighted by Crippen LogP contribution is -2.34. The summed E-state index contributed by atoms with van der Waals surface area (Å²) in [6.07, 6.45) is 0. The fourth-order valence-electron chi connectivity index (χ4n) is 2.32. The summed E-state index contributed by atoms with van der Waals surface area (Å²) >= 11 is 0. The van der Waals surface area contributed by atoms with Crippen molar-refractivity contribution in [3.05, 3.63) is 65.5 Å². The summed E-state index contributed by atoms with van der Waals surface area (Å²) in [4.78, 5) is 1.83. The number of likely N-dealkylation sites (N-methyl/N-ethyl adjacent to an activating group) is 1. The zero-order valence-electron chi connectivity index (χ0n) is 13.4. The third-order valence-electron chi connectivity index (χ3n) is 3.60. The molecule has 0 amide bonds. The largest absolute Gasteiger partial charge is 0.301 e. The third kappa shape index (κ3) is 4.38. The molecule has 0 saturated heterocycles. The van der Waals surface area contributed by atoms with Crippen molar-refractivity contribution in [3.63, 3.8) is 0 Å². The van der Waals surface area contributed by atoms with E-state index < -0.39 is 10.0 Å². The molecule has 7 heteroatoms. The zero-order valence-corrected chi connectivity index (χ0v) is 14.2. The smallest absolute Gasteiger partial charge is 0.240 e. The van der Waals surface area contributed by atoms with E-state index in [4.69, 9.17) is 5.26 Å². The normalized spacial score (nSPS) is 12.8. The summed E-state index contributed by atoms with van der Waals surface area (Å²) in [6.45, 7) is 0.0789. The van der Waals surface area contributed by atoms with E-state index >= 15 is 0 Å². The highest BCUT2D eigenvalue weighted by Crippen LogP contribution is 2.19. The minimum absolute atomic E-state index is 0.0262. The highest BCUT2D eigenvalue weighted by molar-refractivity contribution is 7.89. The molecule has 0 unspecified atom stereocenters. The monoisotopic (exact) mass is 347 g/mol. The van der Waals surface area contributed by atoms with E-state index in [9.17, 15) is 12.8 Å². The van der Waals surface area contributed by atoms with Crippen LogP contribution < -0.4 is 4.72 Å². The highest BCUT2D eigenvalue weighted by atomic mass is 32.2. The Morgan fingerprint density at radius 1 is 1.21 bits per heavy atom. The van der Waals surface area contributed by atoms with Crippen LogP contribution in [0.25, 0.3) is 0 Å². The number of halogens is 1. The van der Waals surface area contributed by atoms with Crippen LogP contribution in [0, 0.1) is 17.1 Å². The molecule has 0 aliphatic rings. The number of hydrogen-bond donors (Lipinski definition) is 1. The Morgan fingerprint density at radius 3 is 2.54 bits per heavy atom. The molecular weight excluding hydrogens is 329 g/mol. The summed E-state index contributed by atoms with van der Waals surface area (Å²) in [6, 6.07) is 13.4. The van der Waals surface area contributed by atoms with Crippen LogP contribution >= 0.6 is 0 Å². The second-order valence-corrected chi connectivity index (χ2v) is 7.29. The van der Waals surface area contributed by atoms with Crippen molar-refractivity contribution >= 4 is 10.0 Å². The average Bonchev–Trinajstić information content (AvgIpc) is 2.55. The van der Waals surface area contributed by atoms with Crippen molar-refractivity contribution in [3.8, 4) is 6.07 Å². The van der Waals surface area contributed by atoms with Gasteiger partial charge in [-0.2, -0.15) is 5.26 Å². The maximum absolute atomic E-state index is 13.4. The Bertz CT molecular complexity index is 860. The first kappa shape index (κ1) is 18.1. The van der Waals surface area contributed by atoms with E-state index in [1.165, 1.54) is 36.4 Å². The van der Waals surface area contributed by atoms with Gasteiger partial charge in [-0.3, -0.25) is 0 Å². The van der Waals surface area contributed by atoms with Crippen LogP contribution in [0.15, 0.2) is 53.4 Å². The molecule has 1 N–H and O–H groups in total. The van der Waals surface area contributed by atoms with Gasteiger partial charge in [0.25, 0.3) is 0 Å². The molecule has 0 saturated carbocycles. The molecule has 0 radical (unpaired) electrons. The first-order valence-electron chi connectivity index (χ1n) is 7.25. The molecule has 1 atom stereocenters. The molecule has 2 aromatic carbocycles. The molecule has 0 aliphatic carbocycles. The standard InChI is InChI=1S/C17H18FN3O2S/c1-21(2)17(14-6-4-7-15(18)10-14)12-20-24(22,23)16-8-3-5-13(9-16)11-19/h3-10,17,20H,12H2,1-2H3/t17-/m1/s1. The summed E-state index contributed by atoms with van der Waals surface area (Å²) in [5.41, 5.74) is 0.945. The van der Waals surface area contributed by atoms with Crippen LogP contribution in [-0.2, 0) is 10.0 Å². The van der Waals surface area contributed by atoms with E-state index in [0.717, 1.165) is 0 Å². The molecule has 2 aromatic rings. The van der Waals surface area contributed by atoms with Gasteiger partial charge in [-0.25, -0.2) is 17.5 Å². The molecule has 0 bridgehead atoms. The average molecular weight is 347 g/mol. The number of nitrogens with zero attached hydrogens (tertiary/aromatic N) is 2. The van der Waals surface area contributed by atoms with E-state index in [2.05, 4.69) is 4.72 Å². The molecule has 0 aliphatic heterocycles. The van der Waals surface area contributed by atoms with Crippen molar-refractivity contribution in [2.45, 2.75) is 10.9 Å². The van der Waals surface area contributed by atoms with Gasteiger partial charge in [0.1, 0.15) is 5.82 Å². The predicted octanol–water partition coefficient (Wildman–Crippen LogP) is 2.28. The van der Waals surface area contributed by atoms with Gasteiger partial charge in [0.15, 0.2) is 0 Å². The molecule has 2 rings (SSSR count). The second-order valence-electron chi connectivity index (χ2n) is 5.53. The Labute approximate surface area is 141 Å². The first-order valence-corrected chi connectivity index (χ1v) is 8.73. The maximum atomic E-state index is 13.4. The lowest BCUT2D eigenvalue weighted by atomic mass is 10.1. The van der Waals surface area contributed by atoms with Gasteiger partial charge in [-0.15, -0.1) is 0 Å². The summed E-state index contributed by atoms with van der Waals surface area (Å²) in [5, 5.41) is 8.89. The van der Waals surface area contributed by atoms with Crippen LogP contribution in [0.3, 0.4) is 0 Å². The molecule has 0 fully saturated rings. The van der Waals surface area contributed by atoms with Crippen LogP contribution in [0.1, 0.15) is 17.2 Å². The van der Waals surface area contributed by atoms with Crippen molar-refractivity contribution in [2.24, 2.45) is 0 Å². The van der Waals surface area contributed by atoms with Crippen LogP contribution in [0.2, 0.25) is 0 Å². The quantitative estimate of drug-likeness (QED) is 0.870. The van der Waals surface area contributed by atoms with E-state index in [-0.39, 0.29) is 28.9 Å². The summed E-state index contributed by atoms with van der Waals surface area (Å²) < 4.78 is 40.8. The van der Waals surface area contributed by atoms with Gasteiger partial charge in [0.2, 0.25) is 10.0 Å². The number of rotatable bonds is 6. The first-order chi connectivity index (χ1) is 11.3. The van der Waals surface area contributed by atoms with Gasteiger partial charge in [0, 0.05) is 12.6 Å². The Hall–Kier alpha value is -2.27. The minimum atomic E-state index is -3.76.